The molecule has 2 saturated carbocycles. The lowest BCUT2D eigenvalue weighted by Crippen LogP contribution is -2.52. The molecule has 2 bridgehead atoms. The molecule has 0 aromatic heterocycles. The Morgan fingerprint density at radius 1 is 1.10 bits per heavy atom. The quantitative estimate of drug-likeness (QED) is 0.434. The Balaban J connectivity index is 2.54. The van der Waals surface area contributed by atoms with E-state index in [2.05, 4.69) is 0 Å². The number of ketones is 2. The van der Waals surface area contributed by atoms with Gasteiger partial charge in [-0.3, -0.25) is 14.4 Å². The van der Waals surface area contributed by atoms with Crippen molar-refractivity contribution in [2.45, 2.75) is 33.6 Å². The first-order chi connectivity index (χ1) is 9.70. The van der Waals surface area contributed by atoms with Crippen molar-refractivity contribution in [1.82, 2.24) is 4.90 Å². The van der Waals surface area contributed by atoms with Crippen molar-refractivity contribution in [1.29, 1.82) is 10.5 Å². The molecule has 6 nitrogen and oxygen atoms in total. The molecule has 6 heteroatoms. The Morgan fingerprint density at radius 3 is 2.00 bits per heavy atom. The molecule has 0 saturated heterocycles. The van der Waals surface area contributed by atoms with E-state index in [-0.39, 0.29) is 13.1 Å². The van der Waals surface area contributed by atoms with Crippen LogP contribution in [-0.4, -0.2) is 35.5 Å². The van der Waals surface area contributed by atoms with E-state index in [1.807, 2.05) is 12.1 Å². The van der Waals surface area contributed by atoms with Gasteiger partial charge in [-0.15, -0.1) is 0 Å². The lowest BCUT2D eigenvalue weighted by molar-refractivity contribution is -0.154. The molecule has 110 valence electrons. The molecule has 2 aliphatic rings. The zero-order valence-electron chi connectivity index (χ0n) is 12.4. The molecule has 2 aliphatic carbocycles. The molecule has 0 aliphatic heterocycles. The first-order valence-electron chi connectivity index (χ1n) is 6.83. The van der Waals surface area contributed by atoms with Crippen LogP contribution in [0.3, 0.4) is 0 Å². The van der Waals surface area contributed by atoms with E-state index in [0.717, 1.165) is 4.90 Å². The molecule has 2 rings (SSSR count). The highest BCUT2D eigenvalue weighted by molar-refractivity contribution is 6.48. The molecule has 0 radical (unpaired) electrons. The van der Waals surface area contributed by atoms with E-state index in [1.165, 1.54) is 0 Å². The molecular formula is C15H17N3O3. The summed E-state index contributed by atoms with van der Waals surface area (Å²) in [5.74, 6) is -1.72. The van der Waals surface area contributed by atoms with Crippen molar-refractivity contribution >= 4 is 17.5 Å². The molecule has 0 heterocycles. The van der Waals surface area contributed by atoms with Crippen molar-refractivity contribution in [2.75, 3.05) is 13.1 Å². The van der Waals surface area contributed by atoms with E-state index in [9.17, 15) is 14.4 Å². The standard InChI is InChI=1S/C15H17N3O3/c1-13(2)14(3)4-5-15(13,11(20)10(14)19)12(21)18(8-6-16)9-7-17/h4-5,8-9H2,1-3H3/t14-,15-/m0/s1. The van der Waals surface area contributed by atoms with Crippen LogP contribution in [0.2, 0.25) is 0 Å². The monoisotopic (exact) mass is 287 g/mol. The van der Waals surface area contributed by atoms with Crippen molar-refractivity contribution < 1.29 is 14.4 Å². The molecule has 1 amide bonds. The van der Waals surface area contributed by atoms with Crippen LogP contribution in [0.5, 0.6) is 0 Å². The SMILES string of the molecule is CC1(C)[C@@]2(C(=O)N(CC#N)CC#N)CC[C@@]1(C)C(=O)C2=O. The third-order valence-electron chi connectivity index (χ3n) is 5.72. The van der Waals surface area contributed by atoms with Gasteiger partial charge in [0.1, 0.15) is 18.5 Å². The van der Waals surface area contributed by atoms with E-state index >= 15 is 0 Å². The summed E-state index contributed by atoms with van der Waals surface area (Å²) in [7, 11) is 0. The number of fused-ring (bicyclic) bond motifs is 2. The number of hydrogen-bond acceptors (Lipinski definition) is 5. The van der Waals surface area contributed by atoms with Crippen LogP contribution in [0.1, 0.15) is 33.6 Å². The Bertz CT molecular complexity index is 609. The van der Waals surface area contributed by atoms with Gasteiger partial charge in [0.25, 0.3) is 0 Å². The van der Waals surface area contributed by atoms with Gasteiger partial charge in [0, 0.05) is 5.41 Å². The zero-order chi connectivity index (χ0) is 16.1. The third-order valence-corrected chi connectivity index (χ3v) is 5.72. The number of nitriles is 2. The maximum Gasteiger partial charge on any atom is 0.239 e. The highest BCUT2D eigenvalue weighted by Gasteiger charge is 2.78. The number of Topliss-reactive ketones (excluding diaryl/α,β-unsaturated/α-hetero) is 2. The van der Waals surface area contributed by atoms with Crippen molar-refractivity contribution in [2.24, 2.45) is 16.2 Å². The van der Waals surface area contributed by atoms with Crippen LogP contribution < -0.4 is 0 Å². The summed E-state index contributed by atoms with van der Waals surface area (Å²) in [5.41, 5.74) is -3.08. The average molecular weight is 287 g/mol. The lowest BCUT2D eigenvalue weighted by Gasteiger charge is -2.39. The summed E-state index contributed by atoms with van der Waals surface area (Å²) in [6.07, 6.45) is 0.774. The summed E-state index contributed by atoms with van der Waals surface area (Å²) >= 11 is 0. The minimum Gasteiger partial charge on any atom is -0.315 e. The topological polar surface area (TPSA) is 102 Å². The molecule has 0 spiro atoms. The second-order valence-electron chi connectivity index (χ2n) is 6.50. The fraction of sp³-hybridized carbons (Fsp3) is 0.667. The molecule has 2 atom stereocenters. The van der Waals surface area contributed by atoms with Gasteiger partial charge in [-0.2, -0.15) is 10.5 Å². The van der Waals surface area contributed by atoms with Crippen LogP contribution in [0.15, 0.2) is 0 Å². The Labute approximate surface area is 123 Å². The molecule has 0 unspecified atom stereocenters. The van der Waals surface area contributed by atoms with E-state index in [0.29, 0.717) is 12.8 Å². The Kier molecular flexibility index (Phi) is 3.18. The second-order valence-corrected chi connectivity index (χ2v) is 6.50. The van der Waals surface area contributed by atoms with E-state index < -0.39 is 33.7 Å². The summed E-state index contributed by atoms with van der Waals surface area (Å²) in [4.78, 5) is 38.7. The normalized spacial score (nSPS) is 32.6. The summed E-state index contributed by atoms with van der Waals surface area (Å²) < 4.78 is 0. The maximum absolute atomic E-state index is 12.9. The first kappa shape index (κ1) is 15.2. The van der Waals surface area contributed by atoms with Gasteiger partial charge in [0.15, 0.2) is 0 Å². The Morgan fingerprint density at radius 2 is 1.62 bits per heavy atom. The van der Waals surface area contributed by atoms with Crippen LogP contribution >= 0.6 is 0 Å². The van der Waals surface area contributed by atoms with Gasteiger partial charge in [0.05, 0.1) is 12.1 Å². The number of rotatable bonds is 3. The molecule has 0 aromatic rings. The van der Waals surface area contributed by atoms with Gasteiger partial charge in [-0.1, -0.05) is 20.8 Å². The van der Waals surface area contributed by atoms with Gasteiger partial charge in [0.2, 0.25) is 17.5 Å². The molecular weight excluding hydrogens is 270 g/mol. The number of carbonyl (C=O) groups is 3. The number of amides is 1. The van der Waals surface area contributed by atoms with Crippen LogP contribution in [-0.2, 0) is 14.4 Å². The van der Waals surface area contributed by atoms with Crippen molar-refractivity contribution in [3.05, 3.63) is 0 Å². The first-order valence-corrected chi connectivity index (χ1v) is 6.83. The largest absolute Gasteiger partial charge is 0.315 e. The van der Waals surface area contributed by atoms with Crippen molar-refractivity contribution in [3.8, 4) is 12.1 Å². The van der Waals surface area contributed by atoms with Crippen LogP contribution in [0.4, 0.5) is 0 Å². The molecule has 21 heavy (non-hydrogen) atoms. The zero-order valence-corrected chi connectivity index (χ0v) is 12.4. The minimum absolute atomic E-state index is 0.261. The third kappa shape index (κ3) is 1.48. The maximum atomic E-state index is 12.9. The van der Waals surface area contributed by atoms with E-state index in [1.54, 1.807) is 20.8 Å². The number of hydrogen-bond donors (Lipinski definition) is 0. The predicted octanol–water partition coefficient (Wildman–Crippen LogP) is 0.827. The highest BCUT2D eigenvalue weighted by Crippen LogP contribution is 2.69. The molecule has 0 N–H and O–H groups in total. The second kappa shape index (κ2) is 4.39. The summed E-state index contributed by atoms with van der Waals surface area (Å²) in [6, 6.07) is 3.67. The smallest absolute Gasteiger partial charge is 0.239 e. The predicted molar refractivity (Wildman–Crippen MR) is 71.4 cm³/mol. The summed E-state index contributed by atoms with van der Waals surface area (Å²) in [6.45, 7) is 4.73. The fourth-order valence-corrected chi connectivity index (χ4v) is 3.88. The molecule has 2 fully saturated rings. The van der Waals surface area contributed by atoms with Gasteiger partial charge >= 0.3 is 0 Å². The lowest BCUT2D eigenvalue weighted by atomic mass is 9.64. The van der Waals surface area contributed by atoms with Gasteiger partial charge in [-0.05, 0) is 18.3 Å². The van der Waals surface area contributed by atoms with Crippen molar-refractivity contribution in [3.63, 3.8) is 0 Å². The van der Waals surface area contributed by atoms with Crippen LogP contribution in [0.25, 0.3) is 0 Å². The molecule has 0 aromatic carbocycles. The minimum atomic E-state index is -1.42. The summed E-state index contributed by atoms with van der Waals surface area (Å²) in [5, 5.41) is 17.6. The highest BCUT2D eigenvalue weighted by atomic mass is 16.2. The fourth-order valence-electron chi connectivity index (χ4n) is 3.88. The van der Waals surface area contributed by atoms with Crippen LogP contribution in [0, 0.1) is 38.9 Å². The van der Waals surface area contributed by atoms with E-state index in [4.69, 9.17) is 10.5 Å². The number of nitrogens with zero attached hydrogens (tertiary/aromatic N) is 3. The van der Waals surface area contributed by atoms with Gasteiger partial charge < -0.3 is 4.90 Å². The van der Waals surface area contributed by atoms with Gasteiger partial charge in [-0.25, -0.2) is 0 Å². The Hall–Kier alpha value is -2.21. The average Bonchev–Trinajstić information content (AvgIpc) is 2.70. The number of carbonyl (C=O) groups excluding carboxylic acids is 3.